The van der Waals surface area contributed by atoms with Crippen LogP contribution in [-0.2, 0) is 11.2 Å². The molecule has 2 rings (SSSR count). The zero-order valence-corrected chi connectivity index (χ0v) is 11.5. The second kappa shape index (κ2) is 6.78. The first-order chi connectivity index (χ1) is 10.1. The first-order valence-corrected chi connectivity index (χ1v) is 6.77. The van der Waals surface area contributed by atoms with Gasteiger partial charge in [0.2, 0.25) is 0 Å². The van der Waals surface area contributed by atoms with Crippen LogP contribution in [-0.4, -0.2) is 46.2 Å². The second-order valence-electron chi connectivity index (χ2n) is 4.92. The number of hydrogen-bond donors (Lipinski definition) is 3. The molecule has 0 aromatic heterocycles. The number of benzene rings is 1. The van der Waals surface area contributed by atoms with E-state index in [1.54, 1.807) is 17.0 Å². The van der Waals surface area contributed by atoms with Crippen molar-refractivity contribution in [2.75, 3.05) is 13.1 Å². The van der Waals surface area contributed by atoms with Crippen LogP contribution in [0.5, 0.6) is 5.75 Å². The van der Waals surface area contributed by atoms with E-state index in [0.29, 0.717) is 13.1 Å². The number of hydrogen-bond acceptors (Lipinski definition) is 3. The molecule has 0 bridgehead atoms. The molecule has 0 aliphatic carbocycles. The Morgan fingerprint density at radius 2 is 1.95 bits per heavy atom. The van der Waals surface area contributed by atoms with Gasteiger partial charge >= 0.3 is 12.0 Å². The van der Waals surface area contributed by atoms with Crippen LogP contribution in [0, 0.1) is 0 Å². The predicted molar refractivity (Wildman–Crippen MR) is 77.1 cm³/mol. The molecule has 3 N–H and O–H groups in total. The molecule has 0 radical (unpaired) electrons. The quantitative estimate of drug-likeness (QED) is 0.730. The Morgan fingerprint density at radius 3 is 2.52 bits per heavy atom. The number of carboxylic acids is 1. The first-order valence-electron chi connectivity index (χ1n) is 6.77. The lowest BCUT2D eigenvalue weighted by molar-refractivity contribution is -0.139. The fourth-order valence-corrected chi connectivity index (χ4v) is 2.13. The molecule has 1 aliphatic rings. The van der Waals surface area contributed by atoms with Gasteiger partial charge in [0, 0.05) is 19.5 Å². The van der Waals surface area contributed by atoms with Crippen LogP contribution in [0.15, 0.2) is 36.4 Å². The first kappa shape index (κ1) is 14.9. The number of phenolic OH excluding ortho intramolecular Hbond substituents is 1. The van der Waals surface area contributed by atoms with Crippen LogP contribution >= 0.6 is 0 Å². The van der Waals surface area contributed by atoms with E-state index in [0.717, 1.165) is 12.0 Å². The van der Waals surface area contributed by atoms with Crippen LogP contribution in [0.1, 0.15) is 12.0 Å². The van der Waals surface area contributed by atoms with Crippen molar-refractivity contribution >= 4 is 12.0 Å². The molecule has 0 saturated heterocycles. The lowest BCUT2D eigenvalue weighted by atomic mass is 10.1. The molecule has 1 atom stereocenters. The van der Waals surface area contributed by atoms with E-state index < -0.39 is 12.0 Å². The molecular formula is C15H18N2O4. The summed E-state index contributed by atoms with van der Waals surface area (Å²) in [7, 11) is 0. The number of nitrogens with one attached hydrogen (secondary N) is 1. The molecule has 21 heavy (non-hydrogen) atoms. The number of carbonyl (C=O) groups excluding carboxylic acids is 1. The SMILES string of the molecule is O=C(O)[C@H](Cc1ccc(O)cc1)NC(=O)N1CC=CCC1. The minimum Gasteiger partial charge on any atom is -0.508 e. The average molecular weight is 290 g/mol. The number of phenols is 1. The Bertz CT molecular complexity index is 539. The van der Waals surface area contributed by atoms with Gasteiger partial charge < -0.3 is 20.4 Å². The maximum atomic E-state index is 12.0. The van der Waals surface area contributed by atoms with Gasteiger partial charge in [-0.2, -0.15) is 0 Å². The maximum absolute atomic E-state index is 12.0. The fourth-order valence-electron chi connectivity index (χ4n) is 2.13. The molecule has 1 aromatic carbocycles. The Hall–Kier alpha value is -2.50. The van der Waals surface area contributed by atoms with E-state index in [1.165, 1.54) is 12.1 Å². The molecule has 2 amide bonds. The molecule has 112 valence electrons. The lowest BCUT2D eigenvalue weighted by Gasteiger charge is -2.25. The number of carbonyl (C=O) groups is 2. The summed E-state index contributed by atoms with van der Waals surface area (Å²) in [5.41, 5.74) is 0.735. The van der Waals surface area contributed by atoms with Gasteiger partial charge in [-0.1, -0.05) is 24.3 Å². The topological polar surface area (TPSA) is 89.9 Å². The number of rotatable bonds is 4. The highest BCUT2D eigenvalue weighted by Gasteiger charge is 2.23. The molecule has 1 heterocycles. The number of carboxylic acid groups (broad SMARTS) is 1. The van der Waals surface area contributed by atoms with Gasteiger partial charge in [-0.05, 0) is 24.1 Å². The predicted octanol–water partition coefficient (Wildman–Crippen LogP) is 1.36. The van der Waals surface area contributed by atoms with Gasteiger partial charge in [-0.25, -0.2) is 9.59 Å². The molecule has 0 spiro atoms. The maximum Gasteiger partial charge on any atom is 0.326 e. The van der Waals surface area contributed by atoms with Crippen molar-refractivity contribution in [3.05, 3.63) is 42.0 Å². The molecule has 0 fully saturated rings. The summed E-state index contributed by atoms with van der Waals surface area (Å²) < 4.78 is 0. The third-order valence-electron chi connectivity index (χ3n) is 3.32. The third kappa shape index (κ3) is 4.24. The Kier molecular flexibility index (Phi) is 4.81. The summed E-state index contributed by atoms with van der Waals surface area (Å²) in [5, 5.41) is 21.0. The molecule has 6 heteroatoms. The Labute approximate surface area is 122 Å². The van der Waals surface area contributed by atoms with Gasteiger partial charge in [-0.15, -0.1) is 0 Å². The van der Waals surface area contributed by atoms with Crippen molar-refractivity contribution < 1.29 is 19.8 Å². The normalized spacial score (nSPS) is 15.5. The molecule has 0 unspecified atom stereocenters. The summed E-state index contributed by atoms with van der Waals surface area (Å²) in [4.78, 5) is 24.9. The van der Waals surface area contributed by atoms with E-state index in [4.69, 9.17) is 0 Å². The fraction of sp³-hybridized carbons (Fsp3) is 0.333. The molecule has 1 aromatic rings. The van der Waals surface area contributed by atoms with E-state index in [9.17, 15) is 19.8 Å². The van der Waals surface area contributed by atoms with Gasteiger partial charge in [0.25, 0.3) is 0 Å². The summed E-state index contributed by atoms with van der Waals surface area (Å²) in [6.07, 6.45) is 4.84. The largest absolute Gasteiger partial charge is 0.508 e. The van der Waals surface area contributed by atoms with Crippen molar-refractivity contribution in [2.45, 2.75) is 18.9 Å². The number of urea groups is 1. The van der Waals surface area contributed by atoms with Crippen molar-refractivity contribution in [3.63, 3.8) is 0 Å². The van der Waals surface area contributed by atoms with Crippen LogP contribution < -0.4 is 5.32 Å². The monoisotopic (exact) mass is 290 g/mol. The number of amides is 2. The Morgan fingerprint density at radius 1 is 1.24 bits per heavy atom. The average Bonchev–Trinajstić information content (AvgIpc) is 2.49. The lowest BCUT2D eigenvalue weighted by Crippen LogP contribution is -2.49. The number of aliphatic carboxylic acids is 1. The van der Waals surface area contributed by atoms with E-state index >= 15 is 0 Å². The van der Waals surface area contributed by atoms with Crippen molar-refractivity contribution in [1.29, 1.82) is 0 Å². The highest BCUT2D eigenvalue weighted by molar-refractivity contribution is 5.83. The van der Waals surface area contributed by atoms with Gasteiger partial charge in [0.15, 0.2) is 0 Å². The highest BCUT2D eigenvalue weighted by Crippen LogP contribution is 2.12. The van der Waals surface area contributed by atoms with Crippen LogP contribution in [0.25, 0.3) is 0 Å². The highest BCUT2D eigenvalue weighted by atomic mass is 16.4. The summed E-state index contributed by atoms with van der Waals surface area (Å²) in [6.45, 7) is 1.09. The smallest absolute Gasteiger partial charge is 0.326 e. The zero-order chi connectivity index (χ0) is 15.2. The van der Waals surface area contributed by atoms with Gasteiger partial charge in [0.1, 0.15) is 11.8 Å². The zero-order valence-electron chi connectivity index (χ0n) is 11.5. The van der Waals surface area contributed by atoms with E-state index in [-0.39, 0.29) is 18.2 Å². The van der Waals surface area contributed by atoms with Crippen LogP contribution in [0.3, 0.4) is 0 Å². The van der Waals surface area contributed by atoms with Crippen molar-refractivity contribution in [2.24, 2.45) is 0 Å². The molecule has 6 nitrogen and oxygen atoms in total. The van der Waals surface area contributed by atoms with E-state index in [2.05, 4.69) is 5.32 Å². The van der Waals surface area contributed by atoms with Gasteiger partial charge in [-0.3, -0.25) is 0 Å². The summed E-state index contributed by atoms with van der Waals surface area (Å²) in [5.74, 6) is -0.959. The van der Waals surface area contributed by atoms with Crippen LogP contribution in [0.2, 0.25) is 0 Å². The van der Waals surface area contributed by atoms with Crippen molar-refractivity contribution in [1.82, 2.24) is 10.2 Å². The molecule has 0 saturated carbocycles. The minimum atomic E-state index is -1.08. The third-order valence-corrected chi connectivity index (χ3v) is 3.32. The van der Waals surface area contributed by atoms with Crippen LogP contribution in [0.4, 0.5) is 4.79 Å². The number of nitrogens with zero attached hydrogens (tertiary/aromatic N) is 1. The molecular weight excluding hydrogens is 272 g/mol. The summed E-state index contributed by atoms with van der Waals surface area (Å²) in [6, 6.07) is 4.90. The van der Waals surface area contributed by atoms with Gasteiger partial charge in [0.05, 0.1) is 0 Å². The number of aromatic hydroxyl groups is 1. The van der Waals surface area contributed by atoms with Crippen molar-refractivity contribution in [3.8, 4) is 5.75 Å². The minimum absolute atomic E-state index is 0.120. The van der Waals surface area contributed by atoms with E-state index in [1.807, 2.05) is 12.2 Å². The molecule has 1 aliphatic heterocycles. The standard InChI is InChI=1S/C15H18N2O4/c18-12-6-4-11(5-7-12)10-13(14(19)20)16-15(21)17-8-2-1-3-9-17/h1-2,4-7,13,18H,3,8-10H2,(H,16,21)(H,19,20)/t13-/m0/s1. The summed E-state index contributed by atoms with van der Waals surface area (Å²) >= 11 is 0. The Balaban J connectivity index is 1.98. The second-order valence-corrected chi connectivity index (χ2v) is 4.92.